The number of rotatable bonds is 1. The summed E-state index contributed by atoms with van der Waals surface area (Å²) in [7, 11) is 2.20. The highest BCUT2D eigenvalue weighted by Gasteiger charge is 2.26. The van der Waals surface area contributed by atoms with Crippen LogP contribution in [0.25, 0.3) is 0 Å². The maximum absolute atomic E-state index is 4.60. The predicted octanol–water partition coefficient (Wildman–Crippen LogP) is 1.32. The van der Waals surface area contributed by atoms with Gasteiger partial charge < -0.3 is 10.2 Å². The fourth-order valence-electron chi connectivity index (χ4n) is 3.11. The van der Waals surface area contributed by atoms with E-state index in [0.717, 1.165) is 13.0 Å². The molecule has 3 rings (SSSR count). The van der Waals surface area contributed by atoms with Gasteiger partial charge in [-0.3, -0.25) is 0 Å². The van der Waals surface area contributed by atoms with Crippen LogP contribution < -0.4 is 5.32 Å². The van der Waals surface area contributed by atoms with Crippen molar-refractivity contribution in [1.82, 2.24) is 20.2 Å². The first kappa shape index (κ1) is 12.1. The fourth-order valence-corrected chi connectivity index (χ4v) is 3.11. The Morgan fingerprint density at radius 3 is 2.83 bits per heavy atom. The summed E-state index contributed by atoms with van der Waals surface area (Å²) in [5.41, 5.74) is 3.96. The standard InChI is InChI=1S/C14H22N4/c1-10-7-13-12(8-15-10)14(17-9-16-13)11-3-5-18(2)6-4-11/h9-11,15H,3-8H2,1-2H3. The molecular weight excluding hydrogens is 224 g/mol. The lowest BCUT2D eigenvalue weighted by Gasteiger charge is -2.31. The smallest absolute Gasteiger partial charge is 0.115 e. The SMILES string of the molecule is CC1Cc2ncnc(C3CCN(C)CC3)c2CN1. The van der Waals surface area contributed by atoms with E-state index >= 15 is 0 Å². The molecule has 4 nitrogen and oxygen atoms in total. The van der Waals surface area contributed by atoms with Gasteiger partial charge in [-0.15, -0.1) is 0 Å². The van der Waals surface area contributed by atoms with Crippen molar-refractivity contribution in [3.8, 4) is 0 Å². The molecule has 98 valence electrons. The average molecular weight is 246 g/mol. The first-order valence-electron chi connectivity index (χ1n) is 6.98. The van der Waals surface area contributed by atoms with Gasteiger partial charge in [-0.2, -0.15) is 0 Å². The molecule has 1 unspecified atom stereocenters. The van der Waals surface area contributed by atoms with E-state index in [1.54, 1.807) is 6.33 Å². The van der Waals surface area contributed by atoms with Crippen molar-refractivity contribution < 1.29 is 0 Å². The Morgan fingerprint density at radius 2 is 2.06 bits per heavy atom. The Bertz CT molecular complexity index is 424. The molecule has 0 radical (unpaired) electrons. The van der Waals surface area contributed by atoms with Crippen molar-refractivity contribution in [3.05, 3.63) is 23.3 Å². The summed E-state index contributed by atoms with van der Waals surface area (Å²) in [6.45, 7) is 5.54. The van der Waals surface area contributed by atoms with Crippen LogP contribution in [0, 0.1) is 0 Å². The molecule has 1 aromatic heterocycles. The molecule has 1 N–H and O–H groups in total. The Balaban J connectivity index is 1.86. The number of aromatic nitrogens is 2. The first-order chi connectivity index (χ1) is 8.74. The third-order valence-corrected chi connectivity index (χ3v) is 4.30. The van der Waals surface area contributed by atoms with Gasteiger partial charge in [-0.1, -0.05) is 0 Å². The Morgan fingerprint density at radius 1 is 1.28 bits per heavy atom. The molecule has 0 bridgehead atoms. The molecule has 0 aromatic carbocycles. The van der Waals surface area contributed by atoms with Crippen molar-refractivity contribution in [3.63, 3.8) is 0 Å². The van der Waals surface area contributed by atoms with Crippen molar-refractivity contribution in [2.24, 2.45) is 0 Å². The lowest BCUT2D eigenvalue weighted by atomic mass is 9.88. The first-order valence-corrected chi connectivity index (χ1v) is 6.98. The summed E-state index contributed by atoms with van der Waals surface area (Å²) in [6, 6.07) is 0.540. The van der Waals surface area contributed by atoms with Crippen LogP contribution in [0.3, 0.4) is 0 Å². The van der Waals surface area contributed by atoms with E-state index in [4.69, 9.17) is 0 Å². The fraction of sp³-hybridized carbons (Fsp3) is 0.714. The van der Waals surface area contributed by atoms with Crippen LogP contribution in [0.4, 0.5) is 0 Å². The predicted molar refractivity (Wildman–Crippen MR) is 71.5 cm³/mol. The molecule has 1 atom stereocenters. The molecule has 1 saturated heterocycles. The lowest BCUT2D eigenvalue weighted by molar-refractivity contribution is 0.252. The van der Waals surface area contributed by atoms with Gasteiger partial charge in [0.2, 0.25) is 0 Å². The monoisotopic (exact) mass is 246 g/mol. The van der Waals surface area contributed by atoms with Gasteiger partial charge in [0.15, 0.2) is 0 Å². The summed E-state index contributed by atoms with van der Waals surface area (Å²) in [6.07, 6.45) is 5.27. The molecule has 1 fully saturated rings. The van der Waals surface area contributed by atoms with Crippen LogP contribution in [0.5, 0.6) is 0 Å². The van der Waals surface area contributed by atoms with Crippen LogP contribution in [0.15, 0.2) is 6.33 Å². The summed E-state index contributed by atoms with van der Waals surface area (Å²) in [5, 5.41) is 3.54. The zero-order chi connectivity index (χ0) is 12.5. The lowest BCUT2D eigenvalue weighted by Crippen LogP contribution is -2.36. The molecule has 1 aromatic rings. The van der Waals surface area contributed by atoms with Gasteiger partial charge in [-0.05, 0) is 39.9 Å². The van der Waals surface area contributed by atoms with Gasteiger partial charge in [0.05, 0.1) is 11.4 Å². The Kier molecular flexibility index (Phi) is 3.31. The molecule has 0 aliphatic carbocycles. The van der Waals surface area contributed by atoms with Crippen LogP contribution in [-0.4, -0.2) is 41.0 Å². The van der Waals surface area contributed by atoms with Crippen LogP contribution in [0.2, 0.25) is 0 Å². The Labute approximate surface area is 109 Å². The topological polar surface area (TPSA) is 41.1 Å². The van der Waals surface area contributed by atoms with Crippen molar-refractivity contribution in [1.29, 1.82) is 0 Å². The van der Waals surface area contributed by atoms with E-state index in [1.807, 2.05) is 0 Å². The molecule has 4 heteroatoms. The summed E-state index contributed by atoms with van der Waals surface area (Å²) < 4.78 is 0. The minimum atomic E-state index is 0.540. The molecule has 3 heterocycles. The number of likely N-dealkylation sites (tertiary alicyclic amines) is 1. The van der Waals surface area contributed by atoms with E-state index in [-0.39, 0.29) is 0 Å². The molecule has 0 saturated carbocycles. The average Bonchev–Trinajstić information content (AvgIpc) is 2.38. The van der Waals surface area contributed by atoms with Crippen molar-refractivity contribution >= 4 is 0 Å². The minimum Gasteiger partial charge on any atom is -0.310 e. The highest BCUT2D eigenvalue weighted by atomic mass is 15.1. The number of fused-ring (bicyclic) bond motifs is 1. The quantitative estimate of drug-likeness (QED) is 0.811. The zero-order valence-corrected chi connectivity index (χ0v) is 11.3. The minimum absolute atomic E-state index is 0.540. The Hall–Kier alpha value is -1.00. The molecule has 18 heavy (non-hydrogen) atoms. The number of hydrogen-bond acceptors (Lipinski definition) is 4. The van der Waals surface area contributed by atoms with Gasteiger partial charge >= 0.3 is 0 Å². The van der Waals surface area contributed by atoms with Gasteiger partial charge in [0.25, 0.3) is 0 Å². The maximum atomic E-state index is 4.60. The van der Waals surface area contributed by atoms with Gasteiger partial charge in [0.1, 0.15) is 6.33 Å². The normalized spacial score (nSPS) is 26.0. The maximum Gasteiger partial charge on any atom is 0.115 e. The summed E-state index contributed by atoms with van der Waals surface area (Å²) >= 11 is 0. The van der Waals surface area contributed by atoms with Crippen molar-refractivity contribution in [2.45, 2.75) is 44.7 Å². The van der Waals surface area contributed by atoms with E-state index in [2.05, 4.69) is 34.2 Å². The number of nitrogens with zero attached hydrogens (tertiary/aromatic N) is 3. The van der Waals surface area contributed by atoms with Gasteiger partial charge in [0, 0.05) is 30.5 Å². The van der Waals surface area contributed by atoms with E-state index in [9.17, 15) is 0 Å². The molecule has 0 spiro atoms. The second-order valence-corrected chi connectivity index (χ2v) is 5.75. The molecule has 0 amide bonds. The van der Waals surface area contributed by atoms with Crippen LogP contribution in [-0.2, 0) is 13.0 Å². The number of nitrogens with one attached hydrogen (secondary N) is 1. The van der Waals surface area contributed by atoms with Crippen molar-refractivity contribution in [2.75, 3.05) is 20.1 Å². The molecule has 2 aliphatic heterocycles. The molecule has 2 aliphatic rings. The zero-order valence-electron chi connectivity index (χ0n) is 11.3. The van der Waals surface area contributed by atoms with Crippen LogP contribution in [0.1, 0.15) is 42.6 Å². The number of hydrogen-bond donors (Lipinski definition) is 1. The summed E-state index contributed by atoms with van der Waals surface area (Å²) in [5.74, 6) is 0.633. The van der Waals surface area contributed by atoms with E-state index in [0.29, 0.717) is 12.0 Å². The molecular formula is C14H22N4. The van der Waals surface area contributed by atoms with Crippen LogP contribution >= 0.6 is 0 Å². The highest BCUT2D eigenvalue weighted by Crippen LogP contribution is 2.30. The third kappa shape index (κ3) is 2.27. The van der Waals surface area contributed by atoms with E-state index < -0.39 is 0 Å². The summed E-state index contributed by atoms with van der Waals surface area (Å²) in [4.78, 5) is 11.5. The largest absolute Gasteiger partial charge is 0.310 e. The number of piperidine rings is 1. The van der Waals surface area contributed by atoms with Gasteiger partial charge in [-0.25, -0.2) is 9.97 Å². The highest BCUT2D eigenvalue weighted by molar-refractivity contribution is 5.30. The van der Waals surface area contributed by atoms with E-state index in [1.165, 1.54) is 42.9 Å². The second-order valence-electron chi connectivity index (χ2n) is 5.75. The second kappa shape index (κ2) is 4.94. The third-order valence-electron chi connectivity index (χ3n) is 4.30.